The van der Waals surface area contributed by atoms with Gasteiger partial charge in [0, 0.05) is 40.0 Å². The zero-order valence-electron chi connectivity index (χ0n) is 20.5. The summed E-state index contributed by atoms with van der Waals surface area (Å²) in [5.41, 5.74) is 5.58. The van der Waals surface area contributed by atoms with E-state index < -0.39 is 17.7 Å². The zero-order valence-corrected chi connectivity index (χ0v) is 20.5. The number of benzene rings is 4. The molecule has 2 heterocycles. The van der Waals surface area contributed by atoms with Gasteiger partial charge in [-0.3, -0.25) is 5.32 Å². The number of anilines is 3. The van der Waals surface area contributed by atoms with Gasteiger partial charge in [-0.1, -0.05) is 36.4 Å². The molecule has 8 heteroatoms. The molecular formula is C31H22F2N4O2. The summed E-state index contributed by atoms with van der Waals surface area (Å²) < 4.78 is 32.8. The van der Waals surface area contributed by atoms with Crippen LogP contribution in [0, 0.1) is 11.6 Å². The molecule has 39 heavy (non-hydrogen) atoms. The molecule has 0 aliphatic heterocycles. The van der Waals surface area contributed by atoms with Crippen molar-refractivity contribution in [2.45, 2.75) is 6.61 Å². The number of halogens is 2. The second-order valence-corrected chi connectivity index (χ2v) is 8.97. The van der Waals surface area contributed by atoms with Crippen molar-refractivity contribution in [3.63, 3.8) is 0 Å². The van der Waals surface area contributed by atoms with Gasteiger partial charge in [0.2, 0.25) is 0 Å². The Kier molecular flexibility index (Phi) is 6.34. The van der Waals surface area contributed by atoms with Crippen LogP contribution in [0.4, 0.5) is 30.6 Å². The Balaban J connectivity index is 1.33. The van der Waals surface area contributed by atoms with Gasteiger partial charge in [0.15, 0.2) is 0 Å². The van der Waals surface area contributed by atoms with E-state index in [1.165, 1.54) is 0 Å². The van der Waals surface area contributed by atoms with E-state index in [0.717, 1.165) is 62.6 Å². The molecule has 1 amide bonds. The summed E-state index contributed by atoms with van der Waals surface area (Å²) >= 11 is 0. The van der Waals surface area contributed by atoms with Crippen molar-refractivity contribution in [2.24, 2.45) is 0 Å². The number of hydrogen-bond donors (Lipinski definition) is 3. The van der Waals surface area contributed by atoms with Gasteiger partial charge in [-0.05, 0) is 60.2 Å². The Labute approximate surface area is 222 Å². The minimum absolute atomic E-state index is 0.0934. The maximum atomic E-state index is 13.9. The lowest BCUT2D eigenvalue weighted by Gasteiger charge is -2.16. The van der Waals surface area contributed by atoms with Crippen molar-refractivity contribution in [2.75, 3.05) is 10.6 Å². The fraction of sp³-hybridized carbons (Fsp3) is 0.0323. The Morgan fingerprint density at radius 1 is 0.846 bits per heavy atom. The molecule has 6 nitrogen and oxygen atoms in total. The van der Waals surface area contributed by atoms with Crippen LogP contribution in [0.3, 0.4) is 0 Å². The van der Waals surface area contributed by atoms with Crippen molar-refractivity contribution in [1.29, 1.82) is 0 Å². The van der Waals surface area contributed by atoms with Crippen molar-refractivity contribution >= 4 is 45.0 Å². The average molecular weight is 521 g/mol. The maximum absolute atomic E-state index is 13.9. The number of ether oxygens (including phenoxy) is 1. The number of nitrogens with one attached hydrogen (secondary N) is 3. The highest BCUT2D eigenvalue weighted by molar-refractivity contribution is 6.08. The molecule has 4 aromatic carbocycles. The molecule has 192 valence electrons. The molecule has 6 aromatic rings. The molecule has 6 rings (SSSR count). The summed E-state index contributed by atoms with van der Waals surface area (Å²) in [7, 11) is 0. The first kappa shape index (κ1) is 24.1. The highest BCUT2D eigenvalue weighted by Crippen LogP contribution is 2.34. The highest BCUT2D eigenvalue weighted by Gasteiger charge is 2.13. The Bertz CT molecular complexity index is 1770. The molecule has 0 aliphatic carbocycles. The number of H-pyrrole nitrogens is 1. The average Bonchev–Trinajstić information content (AvgIpc) is 3.49. The minimum atomic E-state index is -0.898. The number of para-hydroxylation sites is 2. The second kappa shape index (κ2) is 10.3. The van der Waals surface area contributed by atoms with E-state index in [1.54, 1.807) is 0 Å². The normalized spacial score (nSPS) is 11.0. The van der Waals surface area contributed by atoms with Crippen LogP contribution in [-0.2, 0) is 11.3 Å². The Morgan fingerprint density at radius 3 is 2.31 bits per heavy atom. The summed E-state index contributed by atoms with van der Waals surface area (Å²) in [6.45, 7) is -0.0934. The van der Waals surface area contributed by atoms with Gasteiger partial charge in [0.25, 0.3) is 0 Å². The number of hydrogen-bond acceptors (Lipinski definition) is 4. The lowest BCUT2D eigenvalue weighted by atomic mass is 10.0. The molecule has 2 aromatic heterocycles. The molecule has 0 saturated carbocycles. The predicted molar refractivity (Wildman–Crippen MR) is 149 cm³/mol. The number of carbonyl (C=O) groups is 1. The SMILES string of the molecule is O=C(Nc1cc(F)ccc1F)OCc1cc(Nc2c3ccccc3nc3ccccc23)cc(-c2ccc[nH]2)c1. The second-order valence-electron chi connectivity index (χ2n) is 8.97. The van der Waals surface area contributed by atoms with Gasteiger partial charge < -0.3 is 15.0 Å². The van der Waals surface area contributed by atoms with Crippen molar-refractivity contribution < 1.29 is 18.3 Å². The van der Waals surface area contributed by atoms with Gasteiger partial charge in [-0.25, -0.2) is 18.6 Å². The number of aromatic nitrogens is 2. The van der Waals surface area contributed by atoms with Crippen LogP contribution in [0.15, 0.2) is 103 Å². The molecule has 3 N–H and O–H groups in total. The molecule has 0 unspecified atom stereocenters. The standard InChI is InChI=1S/C31H22F2N4O2/c32-21-11-12-25(33)29(17-21)37-31(38)39-18-19-14-20(26-10-5-13-34-26)16-22(15-19)35-30-23-6-1-3-8-27(23)36-28-9-4-2-7-24(28)30/h1-17,34H,18H2,(H,35,36)(H,37,38). The lowest BCUT2D eigenvalue weighted by molar-refractivity contribution is 0.155. The van der Waals surface area contributed by atoms with Gasteiger partial charge in [0.05, 0.1) is 22.4 Å². The number of aromatic amines is 1. The van der Waals surface area contributed by atoms with Crippen LogP contribution in [0.25, 0.3) is 33.1 Å². The number of amides is 1. The van der Waals surface area contributed by atoms with Crippen LogP contribution in [-0.4, -0.2) is 16.1 Å². The molecule has 0 radical (unpaired) electrons. The Morgan fingerprint density at radius 2 is 1.59 bits per heavy atom. The minimum Gasteiger partial charge on any atom is -0.444 e. The highest BCUT2D eigenvalue weighted by atomic mass is 19.1. The molecule has 0 spiro atoms. The lowest BCUT2D eigenvalue weighted by Crippen LogP contribution is -2.14. The zero-order chi connectivity index (χ0) is 26.8. The topological polar surface area (TPSA) is 79.0 Å². The van der Waals surface area contributed by atoms with Crippen molar-refractivity contribution in [3.05, 3.63) is 120 Å². The summed E-state index contributed by atoms with van der Waals surface area (Å²) in [4.78, 5) is 20.4. The van der Waals surface area contributed by atoms with E-state index in [1.807, 2.05) is 85.1 Å². The molecule has 0 saturated heterocycles. The first-order valence-electron chi connectivity index (χ1n) is 12.2. The van der Waals surface area contributed by atoms with Gasteiger partial charge >= 0.3 is 6.09 Å². The van der Waals surface area contributed by atoms with E-state index >= 15 is 0 Å². The first-order valence-corrected chi connectivity index (χ1v) is 12.2. The fourth-order valence-electron chi connectivity index (χ4n) is 4.52. The summed E-state index contributed by atoms with van der Waals surface area (Å²) in [5, 5.41) is 7.76. The summed E-state index contributed by atoms with van der Waals surface area (Å²) in [6.07, 6.45) is 0.932. The van der Waals surface area contributed by atoms with Crippen molar-refractivity contribution in [1.82, 2.24) is 9.97 Å². The number of carbonyl (C=O) groups excluding carboxylic acids is 1. The maximum Gasteiger partial charge on any atom is 0.412 e. The molecule has 0 aliphatic rings. The molecule has 0 atom stereocenters. The van der Waals surface area contributed by atoms with E-state index in [4.69, 9.17) is 9.72 Å². The predicted octanol–water partition coefficient (Wildman–Crippen LogP) is 8.15. The molecule has 0 fully saturated rings. The van der Waals surface area contributed by atoms with Gasteiger partial charge in [-0.2, -0.15) is 0 Å². The summed E-state index contributed by atoms with van der Waals surface area (Å²) in [5.74, 6) is -1.43. The van der Waals surface area contributed by atoms with Crippen LogP contribution < -0.4 is 10.6 Å². The van der Waals surface area contributed by atoms with Crippen molar-refractivity contribution in [3.8, 4) is 11.3 Å². The van der Waals surface area contributed by atoms with E-state index in [-0.39, 0.29) is 12.3 Å². The quantitative estimate of drug-likeness (QED) is 0.194. The van der Waals surface area contributed by atoms with Gasteiger partial charge in [-0.15, -0.1) is 0 Å². The number of rotatable bonds is 6. The van der Waals surface area contributed by atoms with E-state index in [0.29, 0.717) is 5.56 Å². The number of fused-ring (bicyclic) bond motifs is 2. The number of nitrogens with zero attached hydrogens (tertiary/aromatic N) is 1. The third-order valence-electron chi connectivity index (χ3n) is 6.29. The third kappa shape index (κ3) is 5.13. The Hall–Kier alpha value is -5.24. The molecular weight excluding hydrogens is 498 g/mol. The van der Waals surface area contributed by atoms with Crippen LogP contribution in [0.5, 0.6) is 0 Å². The van der Waals surface area contributed by atoms with Crippen LogP contribution >= 0.6 is 0 Å². The van der Waals surface area contributed by atoms with Gasteiger partial charge in [0.1, 0.15) is 18.2 Å². The fourth-order valence-corrected chi connectivity index (χ4v) is 4.52. The smallest absolute Gasteiger partial charge is 0.412 e. The number of pyridine rings is 1. The summed E-state index contributed by atoms with van der Waals surface area (Å²) in [6, 6.07) is 28.3. The first-order chi connectivity index (χ1) is 19.0. The monoisotopic (exact) mass is 520 g/mol. The molecule has 0 bridgehead atoms. The van der Waals surface area contributed by atoms with Crippen LogP contribution in [0.2, 0.25) is 0 Å². The van der Waals surface area contributed by atoms with E-state index in [2.05, 4.69) is 15.6 Å². The largest absolute Gasteiger partial charge is 0.444 e. The third-order valence-corrected chi connectivity index (χ3v) is 6.29. The van der Waals surface area contributed by atoms with Crippen LogP contribution in [0.1, 0.15) is 5.56 Å². The van der Waals surface area contributed by atoms with E-state index in [9.17, 15) is 13.6 Å².